The van der Waals surface area contributed by atoms with Crippen LogP contribution < -0.4 is 5.73 Å². The van der Waals surface area contributed by atoms with Gasteiger partial charge in [-0.25, -0.2) is 4.99 Å². The number of benzene rings is 1. The smallest absolute Gasteiger partial charge is 0.191 e. The summed E-state index contributed by atoms with van der Waals surface area (Å²) in [4.78, 5) is 6.58. The molecule has 1 aliphatic heterocycles. The summed E-state index contributed by atoms with van der Waals surface area (Å²) < 4.78 is 0. The Morgan fingerprint density at radius 2 is 2.00 bits per heavy atom. The number of piperidine rings is 1. The largest absolute Gasteiger partial charge is 0.370 e. The predicted octanol–water partition coefficient (Wildman–Crippen LogP) is 3.26. The number of nitrogens with zero attached hydrogens (tertiary/aromatic N) is 2. The van der Waals surface area contributed by atoms with Crippen LogP contribution in [0.2, 0.25) is 5.02 Å². The van der Waals surface area contributed by atoms with E-state index in [9.17, 15) is 0 Å². The third-order valence-corrected chi connectivity index (χ3v) is 3.23. The Bertz CT molecular complexity index is 403. The van der Waals surface area contributed by atoms with Crippen molar-refractivity contribution in [2.45, 2.75) is 25.8 Å². The number of guanidine groups is 1. The second kappa shape index (κ2) is 7.84. The number of rotatable bonds is 2. The van der Waals surface area contributed by atoms with Gasteiger partial charge in [0.15, 0.2) is 5.96 Å². The van der Waals surface area contributed by atoms with Gasteiger partial charge < -0.3 is 10.6 Å². The highest BCUT2D eigenvalue weighted by molar-refractivity contribution is 14.0. The molecule has 0 aromatic heterocycles. The molecule has 0 spiro atoms. The van der Waals surface area contributed by atoms with Crippen LogP contribution in [-0.4, -0.2) is 23.9 Å². The van der Waals surface area contributed by atoms with Crippen LogP contribution in [-0.2, 0) is 6.54 Å². The zero-order chi connectivity index (χ0) is 12.1. The minimum absolute atomic E-state index is 0. The third-order valence-electron chi connectivity index (χ3n) is 2.99. The molecular formula is C13H19ClIN3. The van der Waals surface area contributed by atoms with Crippen molar-refractivity contribution in [3.63, 3.8) is 0 Å². The topological polar surface area (TPSA) is 41.6 Å². The Morgan fingerprint density at radius 3 is 2.67 bits per heavy atom. The zero-order valence-electron chi connectivity index (χ0n) is 10.3. The van der Waals surface area contributed by atoms with Crippen LogP contribution in [0.25, 0.3) is 0 Å². The number of hydrogen-bond donors (Lipinski definition) is 1. The second-order valence-corrected chi connectivity index (χ2v) is 4.79. The van der Waals surface area contributed by atoms with Crippen LogP contribution in [0.5, 0.6) is 0 Å². The highest BCUT2D eigenvalue weighted by atomic mass is 127. The van der Waals surface area contributed by atoms with Gasteiger partial charge >= 0.3 is 0 Å². The van der Waals surface area contributed by atoms with Crippen molar-refractivity contribution in [1.29, 1.82) is 0 Å². The molecule has 0 amide bonds. The van der Waals surface area contributed by atoms with Crippen molar-refractivity contribution in [1.82, 2.24) is 4.90 Å². The molecule has 2 rings (SSSR count). The lowest BCUT2D eigenvalue weighted by Crippen LogP contribution is -2.40. The molecule has 0 atom stereocenters. The monoisotopic (exact) mass is 379 g/mol. The third kappa shape index (κ3) is 4.65. The molecule has 0 bridgehead atoms. The van der Waals surface area contributed by atoms with Crippen LogP contribution in [0, 0.1) is 0 Å². The molecule has 0 saturated carbocycles. The van der Waals surface area contributed by atoms with Gasteiger partial charge in [0.05, 0.1) is 6.54 Å². The minimum Gasteiger partial charge on any atom is -0.370 e. The molecule has 1 fully saturated rings. The van der Waals surface area contributed by atoms with E-state index < -0.39 is 0 Å². The lowest BCUT2D eigenvalue weighted by atomic mass is 10.1. The molecule has 3 nitrogen and oxygen atoms in total. The van der Waals surface area contributed by atoms with Gasteiger partial charge in [-0.2, -0.15) is 0 Å². The van der Waals surface area contributed by atoms with Crippen LogP contribution >= 0.6 is 35.6 Å². The molecule has 1 saturated heterocycles. The van der Waals surface area contributed by atoms with E-state index in [0.717, 1.165) is 23.7 Å². The van der Waals surface area contributed by atoms with Gasteiger partial charge in [0, 0.05) is 18.1 Å². The first-order chi connectivity index (χ1) is 8.25. The highest BCUT2D eigenvalue weighted by Crippen LogP contribution is 2.12. The summed E-state index contributed by atoms with van der Waals surface area (Å²) in [7, 11) is 0. The van der Waals surface area contributed by atoms with Crippen molar-refractivity contribution in [3.8, 4) is 0 Å². The summed E-state index contributed by atoms with van der Waals surface area (Å²) in [5, 5.41) is 0.745. The van der Waals surface area contributed by atoms with Gasteiger partial charge in [-0.3, -0.25) is 0 Å². The Labute approximate surface area is 130 Å². The molecule has 5 heteroatoms. The first-order valence-electron chi connectivity index (χ1n) is 6.05. The van der Waals surface area contributed by atoms with Crippen molar-refractivity contribution >= 4 is 41.5 Å². The Hall–Kier alpha value is -0.490. The van der Waals surface area contributed by atoms with Crippen LogP contribution in [0.4, 0.5) is 0 Å². The molecule has 2 N–H and O–H groups in total. The second-order valence-electron chi connectivity index (χ2n) is 4.35. The first kappa shape index (κ1) is 15.6. The number of hydrogen-bond acceptors (Lipinski definition) is 1. The number of nitrogens with two attached hydrogens (primary N) is 1. The molecular weight excluding hydrogens is 361 g/mol. The summed E-state index contributed by atoms with van der Waals surface area (Å²) in [5.74, 6) is 0.657. The van der Waals surface area contributed by atoms with E-state index >= 15 is 0 Å². The fourth-order valence-electron chi connectivity index (χ4n) is 2.03. The van der Waals surface area contributed by atoms with Crippen LogP contribution in [0.15, 0.2) is 29.3 Å². The van der Waals surface area contributed by atoms with E-state index in [1.54, 1.807) is 0 Å². The zero-order valence-corrected chi connectivity index (χ0v) is 13.4. The lowest BCUT2D eigenvalue weighted by Gasteiger charge is -2.27. The molecule has 100 valence electrons. The predicted molar refractivity (Wildman–Crippen MR) is 87.6 cm³/mol. The number of likely N-dealkylation sites (tertiary alicyclic amines) is 1. The Kier molecular flexibility index (Phi) is 6.78. The lowest BCUT2D eigenvalue weighted by molar-refractivity contribution is 0.338. The summed E-state index contributed by atoms with van der Waals surface area (Å²) in [6.45, 7) is 2.67. The summed E-state index contributed by atoms with van der Waals surface area (Å²) >= 11 is 5.92. The molecule has 0 aliphatic carbocycles. The standard InChI is InChI=1S/C13H18ClN3.HI/c14-12-6-4-5-11(9-12)10-16-13(15)17-7-2-1-3-8-17;/h4-6,9H,1-3,7-8,10H2,(H2,15,16);1H. The van der Waals surface area contributed by atoms with E-state index in [2.05, 4.69) is 9.89 Å². The van der Waals surface area contributed by atoms with Crippen molar-refractivity contribution in [3.05, 3.63) is 34.9 Å². The number of halogens is 2. The van der Waals surface area contributed by atoms with Gasteiger partial charge in [0.25, 0.3) is 0 Å². The van der Waals surface area contributed by atoms with Crippen molar-refractivity contribution in [2.24, 2.45) is 10.7 Å². The van der Waals surface area contributed by atoms with E-state index in [1.807, 2.05) is 24.3 Å². The highest BCUT2D eigenvalue weighted by Gasteiger charge is 2.11. The van der Waals surface area contributed by atoms with Crippen molar-refractivity contribution in [2.75, 3.05) is 13.1 Å². The molecule has 1 aliphatic rings. The summed E-state index contributed by atoms with van der Waals surface area (Å²) in [6.07, 6.45) is 3.73. The minimum atomic E-state index is 0. The van der Waals surface area contributed by atoms with Gasteiger partial charge in [-0.15, -0.1) is 24.0 Å². The molecule has 1 aromatic rings. The Balaban J connectivity index is 0.00000162. The fraction of sp³-hybridized carbons (Fsp3) is 0.462. The maximum Gasteiger partial charge on any atom is 0.191 e. The average molecular weight is 380 g/mol. The van der Waals surface area contributed by atoms with Gasteiger partial charge in [0.1, 0.15) is 0 Å². The van der Waals surface area contributed by atoms with Gasteiger partial charge in [-0.05, 0) is 37.0 Å². The van der Waals surface area contributed by atoms with E-state index in [1.165, 1.54) is 19.3 Å². The summed E-state index contributed by atoms with van der Waals surface area (Å²) in [5.41, 5.74) is 7.07. The molecule has 0 unspecified atom stereocenters. The maximum absolute atomic E-state index is 5.98. The molecule has 0 radical (unpaired) electrons. The maximum atomic E-state index is 5.98. The normalized spacial score (nSPS) is 16.3. The van der Waals surface area contributed by atoms with Crippen molar-refractivity contribution < 1.29 is 0 Å². The van der Waals surface area contributed by atoms with E-state index in [0.29, 0.717) is 12.5 Å². The fourth-order valence-corrected chi connectivity index (χ4v) is 2.24. The quantitative estimate of drug-likeness (QED) is 0.487. The average Bonchev–Trinajstić information content (AvgIpc) is 2.37. The van der Waals surface area contributed by atoms with Gasteiger partial charge in [-0.1, -0.05) is 23.7 Å². The van der Waals surface area contributed by atoms with Gasteiger partial charge in [0.2, 0.25) is 0 Å². The first-order valence-corrected chi connectivity index (χ1v) is 6.43. The Morgan fingerprint density at radius 1 is 1.28 bits per heavy atom. The number of aliphatic imine (C=N–C) groups is 1. The molecule has 18 heavy (non-hydrogen) atoms. The SMILES string of the molecule is I.NC(=NCc1cccc(Cl)c1)N1CCCCC1. The van der Waals surface area contributed by atoms with E-state index in [4.69, 9.17) is 17.3 Å². The van der Waals surface area contributed by atoms with E-state index in [-0.39, 0.29) is 24.0 Å². The molecule has 1 aromatic carbocycles. The summed E-state index contributed by atoms with van der Waals surface area (Å²) in [6, 6.07) is 7.74. The van der Waals surface area contributed by atoms with Crippen LogP contribution in [0.1, 0.15) is 24.8 Å². The van der Waals surface area contributed by atoms with Crippen LogP contribution in [0.3, 0.4) is 0 Å². The molecule has 1 heterocycles.